The van der Waals surface area contributed by atoms with Crippen LogP contribution in [0, 0.1) is 5.92 Å². The molecule has 1 rings (SSSR count). The lowest BCUT2D eigenvalue weighted by Crippen LogP contribution is -2.40. The van der Waals surface area contributed by atoms with Crippen LogP contribution in [0.5, 0.6) is 0 Å². The fraction of sp³-hybridized carbons (Fsp3) is 1.00. The lowest BCUT2D eigenvalue weighted by atomic mass is 9.93. The molecule has 0 aliphatic heterocycles. The summed E-state index contributed by atoms with van der Waals surface area (Å²) < 4.78 is 0. The molecule has 1 aliphatic rings. The van der Waals surface area contributed by atoms with E-state index in [2.05, 4.69) is 5.32 Å². The van der Waals surface area contributed by atoms with E-state index in [4.69, 9.17) is 0 Å². The lowest BCUT2D eigenvalue weighted by molar-refractivity contribution is 0.0974. The van der Waals surface area contributed by atoms with Crippen LogP contribution in [0.4, 0.5) is 0 Å². The van der Waals surface area contributed by atoms with E-state index in [9.17, 15) is 10.2 Å². The van der Waals surface area contributed by atoms with Crippen molar-refractivity contribution < 1.29 is 10.2 Å². The number of hydrogen-bond acceptors (Lipinski definition) is 3. The molecule has 0 aromatic rings. The average Bonchev–Trinajstić information content (AvgIpc) is 2.16. The molecule has 3 heteroatoms. The normalized spacial score (nSPS) is 30.6. The van der Waals surface area contributed by atoms with Crippen LogP contribution in [-0.4, -0.2) is 35.0 Å². The zero-order valence-corrected chi connectivity index (χ0v) is 9.24. The predicted octanol–water partition coefficient (Wildman–Crippen LogP) is 0.896. The summed E-state index contributed by atoms with van der Waals surface area (Å²) >= 11 is 0. The molecule has 0 bridgehead atoms. The molecule has 1 fully saturated rings. The van der Waals surface area contributed by atoms with Gasteiger partial charge in [-0.05, 0) is 31.6 Å². The van der Waals surface area contributed by atoms with Gasteiger partial charge >= 0.3 is 0 Å². The van der Waals surface area contributed by atoms with E-state index in [0.717, 1.165) is 25.7 Å². The van der Waals surface area contributed by atoms with E-state index < -0.39 is 0 Å². The summed E-state index contributed by atoms with van der Waals surface area (Å²) in [5, 5.41) is 22.3. The van der Waals surface area contributed by atoms with Crippen LogP contribution in [0.15, 0.2) is 0 Å². The second-order valence-corrected chi connectivity index (χ2v) is 4.73. The second kappa shape index (κ2) is 5.69. The van der Waals surface area contributed by atoms with E-state index in [1.54, 1.807) is 0 Å². The van der Waals surface area contributed by atoms with E-state index in [0.29, 0.717) is 18.5 Å². The number of aliphatic hydroxyl groups is 2. The fourth-order valence-corrected chi connectivity index (χ4v) is 1.80. The third-order valence-electron chi connectivity index (χ3n) is 3.08. The highest BCUT2D eigenvalue weighted by molar-refractivity contribution is 4.77. The molecule has 1 saturated carbocycles. The van der Waals surface area contributed by atoms with E-state index in [1.807, 2.05) is 13.8 Å². The van der Waals surface area contributed by atoms with Crippen molar-refractivity contribution in [1.82, 2.24) is 5.32 Å². The van der Waals surface area contributed by atoms with Crippen molar-refractivity contribution in [2.75, 3.05) is 6.54 Å². The monoisotopic (exact) mass is 201 g/mol. The van der Waals surface area contributed by atoms with Crippen molar-refractivity contribution >= 4 is 0 Å². The van der Waals surface area contributed by atoms with Crippen LogP contribution in [-0.2, 0) is 0 Å². The van der Waals surface area contributed by atoms with Crippen molar-refractivity contribution in [2.24, 2.45) is 5.92 Å². The number of hydrogen-bond donors (Lipinski definition) is 3. The summed E-state index contributed by atoms with van der Waals surface area (Å²) in [6, 6.07) is 0.492. The van der Waals surface area contributed by atoms with Crippen molar-refractivity contribution in [3.63, 3.8) is 0 Å². The van der Waals surface area contributed by atoms with E-state index in [1.165, 1.54) is 0 Å². The Balaban J connectivity index is 2.13. The summed E-state index contributed by atoms with van der Waals surface area (Å²) in [5.41, 5.74) is 0. The number of nitrogens with one attached hydrogen (secondary N) is 1. The van der Waals surface area contributed by atoms with Gasteiger partial charge in [-0.15, -0.1) is 0 Å². The van der Waals surface area contributed by atoms with Crippen LogP contribution in [0.25, 0.3) is 0 Å². The first-order valence-corrected chi connectivity index (χ1v) is 5.69. The third kappa shape index (κ3) is 3.95. The molecule has 0 radical (unpaired) electrons. The maximum Gasteiger partial charge on any atom is 0.0687 e. The third-order valence-corrected chi connectivity index (χ3v) is 3.08. The minimum Gasteiger partial charge on any atom is -0.393 e. The van der Waals surface area contributed by atoms with Crippen LogP contribution in [0.1, 0.15) is 39.5 Å². The molecule has 0 heterocycles. The lowest BCUT2D eigenvalue weighted by Gasteiger charge is -2.27. The molecule has 0 saturated heterocycles. The Hall–Kier alpha value is -0.120. The summed E-state index contributed by atoms with van der Waals surface area (Å²) in [6.07, 6.45) is 3.52. The van der Waals surface area contributed by atoms with Gasteiger partial charge in [0.15, 0.2) is 0 Å². The van der Waals surface area contributed by atoms with Gasteiger partial charge in [-0.1, -0.05) is 13.8 Å². The molecule has 1 aliphatic carbocycles. The molecule has 14 heavy (non-hydrogen) atoms. The summed E-state index contributed by atoms with van der Waals surface area (Å²) in [6.45, 7) is 4.73. The smallest absolute Gasteiger partial charge is 0.0687 e. The van der Waals surface area contributed by atoms with E-state index >= 15 is 0 Å². The zero-order chi connectivity index (χ0) is 10.6. The van der Waals surface area contributed by atoms with Crippen LogP contribution < -0.4 is 5.32 Å². The van der Waals surface area contributed by atoms with Crippen LogP contribution in [0.2, 0.25) is 0 Å². The first-order valence-electron chi connectivity index (χ1n) is 5.69. The van der Waals surface area contributed by atoms with Gasteiger partial charge in [-0.3, -0.25) is 0 Å². The first-order chi connectivity index (χ1) is 6.59. The van der Waals surface area contributed by atoms with Gasteiger partial charge in [0.25, 0.3) is 0 Å². The quantitative estimate of drug-likeness (QED) is 0.633. The van der Waals surface area contributed by atoms with Gasteiger partial charge in [0.05, 0.1) is 12.2 Å². The molecule has 1 unspecified atom stereocenters. The topological polar surface area (TPSA) is 52.5 Å². The molecular formula is C11H23NO2. The van der Waals surface area contributed by atoms with Gasteiger partial charge in [0, 0.05) is 12.6 Å². The van der Waals surface area contributed by atoms with Gasteiger partial charge in [0.2, 0.25) is 0 Å². The molecule has 0 spiro atoms. The Kier molecular flexibility index (Phi) is 4.85. The van der Waals surface area contributed by atoms with Crippen molar-refractivity contribution in [1.29, 1.82) is 0 Å². The molecule has 84 valence electrons. The highest BCUT2D eigenvalue weighted by atomic mass is 16.3. The maximum absolute atomic E-state index is 9.60. The highest BCUT2D eigenvalue weighted by Gasteiger charge is 2.19. The Labute approximate surface area is 86.5 Å². The standard InChI is InChI=1S/C11H23NO2/c1-8(2)11(14)7-12-9-3-5-10(13)6-4-9/h8-14H,3-7H2,1-2H3. The SMILES string of the molecule is CC(C)C(O)CNC1CCC(O)CC1. The Bertz CT molecular complexity index is 153. The van der Waals surface area contributed by atoms with E-state index in [-0.39, 0.29) is 12.2 Å². The summed E-state index contributed by atoms with van der Waals surface area (Å²) in [7, 11) is 0. The minimum atomic E-state index is -0.248. The van der Waals surface area contributed by atoms with Crippen molar-refractivity contribution in [3.05, 3.63) is 0 Å². The number of aliphatic hydroxyl groups excluding tert-OH is 2. The van der Waals surface area contributed by atoms with Gasteiger partial charge < -0.3 is 15.5 Å². The largest absolute Gasteiger partial charge is 0.393 e. The van der Waals surface area contributed by atoms with Crippen LogP contribution in [0.3, 0.4) is 0 Å². The molecule has 1 atom stereocenters. The van der Waals surface area contributed by atoms with Crippen molar-refractivity contribution in [2.45, 2.75) is 57.8 Å². The van der Waals surface area contributed by atoms with Crippen molar-refractivity contribution in [3.8, 4) is 0 Å². The molecule has 3 nitrogen and oxygen atoms in total. The van der Waals surface area contributed by atoms with Crippen LogP contribution >= 0.6 is 0 Å². The maximum atomic E-state index is 9.60. The summed E-state index contributed by atoms with van der Waals surface area (Å²) in [4.78, 5) is 0. The van der Waals surface area contributed by atoms with Gasteiger partial charge in [-0.25, -0.2) is 0 Å². The highest BCUT2D eigenvalue weighted by Crippen LogP contribution is 2.18. The minimum absolute atomic E-state index is 0.0944. The first kappa shape index (κ1) is 12.0. The molecule has 0 amide bonds. The van der Waals surface area contributed by atoms with Gasteiger partial charge in [0.1, 0.15) is 0 Å². The Morgan fingerprint density at radius 1 is 1.21 bits per heavy atom. The molecule has 0 aromatic heterocycles. The number of rotatable bonds is 4. The molecule has 0 aromatic carbocycles. The Morgan fingerprint density at radius 2 is 1.79 bits per heavy atom. The van der Waals surface area contributed by atoms with Gasteiger partial charge in [-0.2, -0.15) is 0 Å². The summed E-state index contributed by atoms with van der Waals surface area (Å²) in [5.74, 6) is 0.316. The second-order valence-electron chi connectivity index (χ2n) is 4.73. The zero-order valence-electron chi connectivity index (χ0n) is 9.24. The predicted molar refractivity (Wildman–Crippen MR) is 57.1 cm³/mol. The fourth-order valence-electron chi connectivity index (χ4n) is 1.80. The molecular weight excluding hydrogens is 178 g/mol. The molecule has 3 N–H and O–H groups in total. The Morgan fingerprint density at radius 3 is 2.29 bits per heavy atom. The average molecular weight is 201 g/mol.